The Hall–Kier alpha value is -2.15. The van der Waals surface area contributed by atoms with E-state index in [2.05, 4.69) is 9.47 Å². The van der Waals surface area contributed by atoms with Crippen LogP contribution in [0.2, 0.25) is 0 Å². The van der Waals surface area contributed by atoms with Crippen LogP contribution in [0.25, 0.3) is 0 Å². The summed E-state index contributed by atoms with van der Waals surface area (Å²) in [5.74, 6) is -2.58. The van der Waals surface area contributed by atoms with E-state index in [1.54, 1.807) is 6.08 Å². The highest BCUT2D eigenvalue weighted by Crippen LogP contribution is 2.07. The highest BCUT2D eigenvalue weighted by Gasteiger charge is 2.05. The molecule has 0 saturated carbocycles. The van der Waals surface area contributed by atoms with Gasteiger partial charge >= 0.3 is 17.9 Å². The molecule has 0 aromatic carbocycles. The Labute approximate surface area is 122 Å². The van der Waals surface area contributed by atoms with Gasteiger partial charge in [0.15, 0.2) is 6.79 Å². The Morgan fingerprint density at radius 2 is 1.81 bits per heavy atom. The van der Waals surface area contributed by atoms with Crippen molar-refractivity contribution in [3.8, 4) is 0 Å². The van der Waals surface area contributed by atoms with Crippen molar-refractivity contribution >= 4 is 17.9 Å². The fourth-order valence-electron chi connectivity index (χ4n) is 1.42. The third kappa shape index (κ3) is 12.6. The molecule has 0 heterocycles. The molecule has 7 nitrogen and oxygen atoms in total. The minimum absolute atomic E-state index is 0.106. The number of carbonyl (C=O) groups is 3. The molecule has 21 heavy (non-hydrogen) atoms. The quantitative estimate of drug-likeness (QED) is 0.196. The van der Waals surface area contributed by atoms with Crippen LogP contribution >= 0.6 is 0 Å². The molecule has 0 fully saturated rings. The first-order valence-corrected chi connectivity index (χ1v) is 6.42. The molecule has 0 radical (unpaired) electrons. The molecule has 2 N–H and O–H groups in total. The van der Waals surface area contributed by atoms with Gasteiger partial charge < -0.3 is 19.7 Å². The summed E-state index contributed by atoms with van der Waals surface area (Å²) >= 11 is 0. The summed E-state index contributed by atoms with van der Waals surface area (Å²) in [6, 6.07) is 0. The average Bonchev–Trinajstić information content (AvgIpc) is 2.39. The number of aliphatic carboxylic acids is 2. The van der Waals surface area contributed by atoms with Crippen molar-refractivity contribution in [3.63, 3.8) is 0 Å². The molecule has 118 valence electrons. The van der Waals surface area contributed by atoms with Gasteiger partial charge in [-0.1, -0.05) is 12.2 Å². The van der Waals surface area contributed by atoms with Crippen molar-refractivity contribution in [3.05, 3.63) is 23.8 Å². The van der Waals surface area contributed by atoms with Crippen LogP contribution < -0.4 is 0 Å². The first-order chi connectivity index (χ1) is 9.95. The second-order valence-corrected chi connectivity index (χ2v) is 4.20. The molecule has 0 aliphatic carbocycles. The predicted octanol–water partition coefficient (Wildman–Crippen LogP) is 1.74. The van der Waals surface area contributed by atoms with E-state index in [9.17, 15) is 14.4 Å². The van der Waals surface area contributed by atoms with E-state index in [4.69, 9.17) is 10.2 Å². The zero-order chi connectivity index (χ0) is 16.1. The number of carboxylic acid groups (broad SMARTS) is 2. The van der Waals surface area contributed by atoms with Crippen LogP contribution in [0, 0.1) is 0 Å². The maximum atomic E-state index is 11.3. The Bertz CT molecular complexity index is 410. The van der Waals surface area contributed by atoms with Gasteiger partial charge in [0, 0.05) is 19.6 Å². The van der Waals surface area contributed by atoms with E-state index >= 15 is 0 Å². The number of carboxylic acids is 2. The predicted molar refractivity (Wildman–Crippen MR) is 73.5 cm³/mol. The van der Waals surface area contributed by atoms with Crippen molar-refractivity contribution in [2.75, 3.05) is 13.9 Å². The van der Waals surface area contributed by atoms with Crippen molar-refractivity contribution in [1.29, 1.82) is 0 Å². The molecule has 0 unspecified atom stereocenters. The second-order valence-electron chi connectivity index (χ2n) is 4.20. The number of rotatable bonds is 11. The van der Waals surface area contributed by atoms with Gasteiger partial charge in [0.1, 0.15) is 0 Å². The van der Waals surface area contributed by atoms with Gasteiger partial charge in [0.2, 0.25) is 0 Å². The molecule has 0 spiro atoms. The van der Waals surface area contributed by atoms with Crippen LogP contribution in [0.15, 0.2) is 23.8 Å². The minimum atomic E-state index is -1.06. The van der Waals surface area contributed by atoms with Gasteiger partial charge in [-0.05, 0) is 24.8 Å². The Kier molecular flexibility index (Phi) is 10.5. The molecular weight excluding hydrogens is 280 g/mol. The van der Waals surface area contributed by atoms with Crippen molar-refractivity contribution < 1.29 is 34.1 Å². The summed E-state index contributed by atoms with van der Waals surface area (Å²) in [5, 5.41) is 17.2. The molecule has 0 rings (SSSR count). The van der Waals surface area contributed by atoms with Gasteiger partial charge in [-0.15, -0.1) is 0 Å². The lowest BCUT2D eigenvalue weighted by molar-refractivity contribution is -0.148. The van der Waals surface area contributed by atoms with E-state index < -0.39 is 17.9 Å². The molecule has 0 amide bonds. The van der Waals surface area contributed by atoms with Crippen molar-refractivity contribution in [2.45, 2.75) is 32.1 Å². The summed E-state index contributed by atoms with van der Waals surface area (Å²) in [6.45, 7) is -0.200. The molecule has 0 aromatic rings. The van der Waals surface area contributed by atoms with Crippen LogP contribution in [-0.4, -0.2) is 42.0 Å². The Balaban J connectivity index is 4.34. The second kappa shape index (κ2) is 11.7. The lowest BCUT2D eigenvalue weighted by Crippen LogP contribution is -2.05. The highest BCUT2D eigenvalue weighted by atomic mass is 16.7. The van der Waals surface area contributed by atoms with Crippen LogP contribution in [0.3, 0.4) is 0 Å². The maximum absolute atomic E-state index is 11.3. The topological polar surface area (TPSA) is 110 Å². The number of ether oxygens (including phenoxy) is 2. The number of carbonyl (C=O) groups excluding carboxylic acids is 1. The Morgan fingerprint density at radius 3 is 2.38 bits per heavy atom. The number of esters is 1. The molecular formula is C14H20O7. The fraction of sp³-hybridized carbons (Fsp3) is 0.500. The summed E-state index contributed by atoms with van der Waals surface area (Å²) < 4.78 is 9.21. The van der Waals surface area contributed by atoms with Gasteiger partial charge in [0.25, 0.3) is 0 Å². The first kappa shape index (κ1) is 18.9. The van der Waals surface area contributed by atoms with Gasteiger partial charge in [-0.3, -0.25) is 9.59 Å². The fourth-order valence-corrected chi connectivity index (χ4v) is 1.42. The lowest BCUT2D eigenvalue weighted by Gasteiger charge is -2.01. The van der Waals surface area contributed by atoms with Crippen LogP contribution in [0.5, 0.6) is 0 Å². The van der Waals surface area contributed by atoms with Crippen molar-refractivity contribution in [1.82, 2.24) is 0 Å². The van der Waals surface area contributed by atoms with E-state index in [1.807, 2.05) is 0 Å². The number of allylic oxidation sites excluding steroid dienone is 2. The third-order valence-electron chi connectivity index (χ3n) is 2.32. The summed E-state index contributed by atoms with van der Waals surface area (Å²) in [6.07, 6.45) is 5.98. The Morgan fingerprint density at radius 1 is 1.10 bits per heavy atom. The smallest absolute Gasteiger partial charge is 0.333 e. The number of hydrogen-bond acceptors (Lipinski definition) is 5. The molecule has 0 atom stereocenters. The number of unbranched alkanes of at least 4 members (excludes halogenated alkanes) is 2. The van der Waals surface area contributed by atoms with E-state index in [-0.39, 0.29) is 19.6 Å². The molecule has 0 aliphatic heterocycles. The van der Waals surface area contributed by atoms with Crippen LogP contribution in [0.1, 0.15) is 32.1 Å². The summed E-state index contributed by atoms with van der Waals surface area (Å²) in [5.41, 5.74) is 0.307. The van der Waals surface area contributed by atoms with E-state index in [0.29, 0.717) is 24.8 Å². The van der Waals surface area contributed by atoms with Gasteiger partial charge in [-0.2, -0.15) is 0 Å². The number of hydrogen-bond donors (Lipinski definition) is 2. The zero-order valence-corrected chi connectivity index (χ0v) is 11.9. The molecule has 0 aromatic heterocycles. The molecule has 0 aliphatic rings. The monoisotopic (exact) mass is 300 g/mol. The molecule has 0 bridgehead atoms. The first-order valence-electron chi connectivity index (χ1n) is 6.42. The normalized spacial score (nSPS) is 11.6. The zero-order valence-electron chi connectivity index (χ0n) is 11.9. The summed E-state index contributed by atoms with van der Waals surface area (Å²) in [4.78, 5) is 32.3. The maximum Gasteiger partial charge on any atom is 0.333 e. The minimum Gasteiger partial charge on any atom is -0.481 e. The van der Waals surface area contributed by atoms with Crippen LogP contribution in [-0.2, 0) is 23.9 Å². The largest absolute Gasteiger partial charge is 0.481 e. The number of methoxy groups -OCH3 is 1. The standard InChI is InChI=1S/C14H20O7/c1-20-10-21-14(19)9-11(8-13(17)18)6-4-2-3-5-7-12(15)16/h4,6,9H,2-3,5,7-8,10H2,1H3,(H,15,16)(H,17,18)/b6-4+,11-9+. The van der Waals surface area contributed by atoms with E-state index in [1.165, 1.54) is 13.2 Å². The van der Waals surface area contributed by atoms with Crippen LogP contribution in [0.4, 0.5) is 0 Å². The van der Waals surface area contributed by atoms with Gasteiger partial charge in [0.05, 0.1) is 6.42 Å². The summed E-state index contributed by atoms with van der Waals surface area (Å²) in [7, 11) is 1.37. The average molecular weight is 300 g/mol. The molecule has 7 heteroatoms. The SMILES string of the molecule is COCOC(=O)/C=C(\C=C\CCCCC(=O)O)CC(=O)O. The highest BCUT2D eigenvalue weighted by molar-refractivity contribution is 5.85. The molecule has 0 saturated heterocycles. The van der Waals surface area contributed by atoms with E-state index in [0.717, 1.165) is 6.08 Å². The van der Waals surface area contributed by atoms with Crippen molar-refractivity contribution in [2.24, 2.45) is 0 Å². The third-order valence-corrected chi connectivity index (χ3v) is 2.32. The van der Waals surface area contributed by atoms with Gasteiger partial charge in [-0.25, -0.2) is 4.79 Å². The lowest BCUT2D eigenvalue weighted by atomic mass is 10.1.